The van der Waals surface area contributed by atoms with Crippen LogP contribution in [-0.4, -0.2) is 11.7 Å². The summed E-state index contributed by atoms with van der Waals surface area (Å²) in [7, 11) is 0. The number of aliphatic hydroxyl groups is 1. The number of benzene rings is 1. The highest BCUT2D eigenvalue weighted by atomic mass is 16.5. The van der Waals surface area contributed by atoms with Gasteiger partial charge in [-0.3, -0.25) is 0 Å². The lowest BCUT2D eigenvalue weighted by Gasteiger charge is -2.07. The fraction of sp³-hybridized carbons (Fsp3) is 0.385. The smallest absolute Gasteiger partial charge is 0.119 e. The molecule has 0 saturated heterocycles. The summed E-state index contributed by atoms with van der Waals surface area (Å²) >= 11 is 0. The Kier molecular flexibility index (Phi) is 4.73. The van der Waals surface area contributed by atoms with Crippen molar-refractivity contribution in [2.45, 2.75) is 26.4 Å². The van der Waals surface area contributed by atoms with Crippen LogP contribution in [0.2, 0.25) is 0 Å². The molecule has 0 amide bonds. The summed E-state index contributed by atoms with van der Waals surface area (Å²) in [5.74, 6) is 6.57. The van der Waals surface area contributed by atoms with Crippen molar-refractivity contribution in [3.63, 3.8) is 0 Å². The standard InChI is InChI=1S/C13H16O2/c1-3-4-5-10-15-13-8-6-12(7-9-13)11(2)14/h6-9,11,14H,5,10H2,1-2H3/t11-/m0/s1. The van der Waals surface area contributed by atoms with E-state index in [-0.39, 0.29) is 0 Å². The average Bonchev–Trinajstić information content (AvgIpc) is 2.25. The Morgan fingerprint density at radius 3 is 2.53 bits per heavy atom. The first-order chi connectivity index (χ1) is 7.24. The SMILES string of the molecule is CC#CCCOc1ccc([C@H](C)O)cc1. The number of rotatable bonds is 4. The molecule has 0 aliphatic rings. The summed E-state index contributed by atoms with van der Waals surface area (Å²) in [6, 6.07) is 7.46. The van der Waals surface area contributed by atoms with E-state index >= 15 is 0 Å². The van der Waals surface area contributed by atoms with Gasteiger partial charge in [-0.25, -0.2) is 0 Å². The van der Waals surface area contributed by atoms with Gasteiger partial charge in [-0.2, -0.15) is 0 Å². The highest BCUT2D eigenvalue weighted by Crippen LogP contribution is 2.17. The van der Waals surface area contributed by atoms with E-state index < -0.39 is 6.10 Å². The minimum absolute atomic E-state index is 0.426. The number of ether oxygens (including phenoxy) is 1. The lowest BCUT2D eigenvalue weighted by atomic mass is 10.1. The predicted octanol–water partition coefficient (Wildman–Crippen LogP) is 2.53. The molecule has 0 aliphatic carbocycles. The van der Waals surface area contributed by atoms with Crippen molar-refractivity contribution in [3.8, 4) is 17.6 Å². The van der Waals surface area contributed by atoms with Crippen molar-refractivity contribution in [1.29, 1.82) is 0 Å². The van der Waals surface area contributed by atoms with Crippen LogP contribution in [-0.2, 0) is 0 Å². The van der Waals surface area contributed by atoms with Gasteiger partial charge in [0, 0.05) is 6.42 Å². The third-order valence-corrected chi connectivity index (χ3v) is 2.04. The van der Waals surface area contributed by atoms with Crippen LogP contribution < -0.4 is 4.74 Å². The molecule has 0 aromatic heterocycles. The van der Waals surface area contributed by atoms with Crippen LogP contribution in [0.4, 0.5) is 0 Å². The zero-order valence-corrected chi connectivity index (χ0v) is 9.16. The molecule has 0 fully saturated rings. The lowest BCUT2D eigenvalue weighted by Crippen LogP contribution is -1.96. The van der Waals surface area contributed by atoms with Crippen LogP contribution in [0.3, 0.4) is 0 Å². The van der Waals surface area contributed by atoms with E-state index in [4.69, 9.17) is 4.74 Å². The van der Waals surface area contributed by atoms with Crippen LogP contribution in [0.15, 0.2) is 24.3 Å². The summed E-state index contributed by atoms with van der Waals surface area (Å²) < 4.78 is 5.46. The summed E-state index contributed by atoms with van der Waals surface area (Å²) in [5.41, 5.74) is 0.899. The molecule has 0 saturated carbocycles. The monoisotopic (exact) mass is 204 g/mol. The molecule has 1 aromatic rings. The average molecular weight is 204 g/mol. The zero-order valence-electron chi connectivity index (χ0n) is 9.16. The van der Waals surface area contributed by atoms with E-state index in [2.05, 4.69) is 11.8 Å². The maximum absolute atomic E-state index is 9.30. The van der Waals surface area contributed by atoms with Gasteiger partial charge in [-0.05, 0) is 31.5 Å². The van der Waals surface area contributed by atoms with Crippen LogP contribution >= 0.6 is 0 Å². The Hall–Kier alpha value is -1.46. The van der Waals surface area contributed by atoms with Gasteiger partial charge in [0.15, 0.2) is 0 Å². The molecule has 1 atom stereocenters. The van der Waals surface area contributed by atoms with E-state index in [1.165, 1.54) is 0 Å². The summed E-state index contributed by atoms with van der Waals surface area (Å²) in [5, 5.41) is 9.30. The van der Waals surface area contributed by atoms with E-state index in [0.717, 1.165) is 17.7 Å². The van der Waals surface area contributed by atoms with Crippen LogP contribution in [0.5, 0.6) is 5.75 Å². The van der Waals surface area contributed by atoms with E-state index in [1.807, 2.05) is 31.2 Å². The maximum atomic E-state index is 9.30. The molecule has 1 rings (SSSR count). The molecule has 15 heavy (non-hydrogen) atoms. The number of hydrogen-bond donors (Lipinski definition) is 1. The molecule has 0 unspecified atom stereocenters. The van der Waals surface area contributed by atoms with Gasteiger partial charge < -0.3 is 9.84 Å². The van der Waals surface area contributed by atoms with Gasteiger partial charge in [0.1, 0.15) is 5.75 Å². The van der Waals surface area contributed by atoms with Crippen molar-refractivity contribution in [1.82, 2.24) is 0 Å². The van der Waals surface area contributed by atoms with Gasteiger partial charge in [0.25, 0.3) is 0 Å². The normalized spacial score (nSPS) is 11.4. The topological polar surface area (TPSA) is 29.5 Å². The third-order valence-electron chi connectivity index (χ3n) is 2.04. The number of hydrogen-bond acceptors (Lipinski definition) is 2. The van der Waals surface area contributed by atoms with E-state index in [1.54, 1.807) is 6.92 Å². The molecule has 80 valence electrons. The van der Waals surface area contributed by atoms with Gasteiger partial charge >= 0.3 is 0 Å². The molecule has 0 spiro atoms. The first kappa shape index (κ1) is 11.6. The van der Waals surface area contributed by atoms with Gasteiger partial charge in [-0.1, -0.05) is 12.1 Å². The van der Waals surface area contributed by atoms with Crippen LogP contribution in [0.1, 0.15) is 31.9 Å². The summed E-state index contributed by atoms with van der Waals surface area (Å²) in [4.78, 5) is 0. The summed E-state index contributed by atoms with van der Waals surface area (Å²) in [6.45, 7) is 4.17. The minimum atomic E-state index is -0.426. The minimum Gasteiger partial charge on any atom is -0.493 e. The van der Waals surface area contributed by atoms with Crippen molar-refractivity contribution >= 4 is 0 Å². The Morgan fingerprint density at radius 2 is 2.00 bits per heavy atom. The molecule has 0 aliphatic heterocycles. The van der Waals surface area contributed by atoms with Gasteiger partial charge in [-0.15, -0.1) is 11.8 Å². The van der Waals surface area contributed by atoms with Crippen LogP contribution in [0.25, 0.3) is 0 Å². The zero-order chi connectivity index (χ0) is 11.1. The van der Waals surface area contributed by atoms with E-state index in [0.29, 0.717) is 6.61 Å². The first-order valence-corrected chi connectivity index (χ1v) is 5.04. The first-order valence-electron chi connectivity index (χ1n) is 5.04. The third kappa shape index (κ3) is 4.05. The second-order valence-corrected chi connectivity index (χ2v) is 3.27. The molecular formula is C13H16O2. The second kappa shape index (κ2) is 6.10. The summed E-state index contributed by atoms with van der Waals surface area (Å²) in [6.07, 6.45) is 0.319. The fourth-order valence-corrected chi connectivity index (χ4v) is 1.19. The van der Waals surface area contributed by atoms with E-state index in [9.17, 15) is 5.11 Å². The maximum Gasteiger partial charge on any atom is 0.119 e. The Bertz CT molecular complexity index is 341. The quantitative estimate of drug-likeness (QED) is 0.603. The molecule has 2 heteroatoms. The largest absolute Gasteiger partial charge is 0.493 e. The molecule has 0 bridgehead atoms. The Labute approximate surface area is 90.9 Å². The molecule has 1 N–H and O–H groups in total. The molecule has 0 heterocycles. The molecule has 1 aromatic carbocycles. The Morgan fingerprint density at radius 1 is 1.33 bits per heavy atom. The van der Waals surface area contributed by atoms with Crippen LogP contribution in [0, 0.1) is 11.8 Å². The molecule has 0 radical (unpaired) electrons. The van der Waals surface area contributed by atoms with Crippen molar-refractivity contribution in [3.05, 3.63) is 29.8 Å². The number of aliphatic hydroxyl groups excluding tert-OH is 1. The highest BCUT2D eigenvalue weighted by Gasteiger charge is 1.99. The predicted molar refractivity (Wildman–Crippen MR) is 60.6 cm³/mol. The lowest BCUT2D eigenvalue weighted by molar-refractivity contribution is 0.199. The molecule has 2 nitrogen and oxygen atoms in total. The fourth-order valence-electron chi connectivity index (χ4n) is 1.19. The highest BCUT2D eigenvalue weighted by molar-refractivity contribution is 5.28. The van der Waals surface area contributed by atoms with Crippen molar-refractivity contribution < 1.29 is 9.84 Å². The second-order valence-electron chi connectivity index (χ2n) is 3.27. The van der Waals surface area contributed by atoms with Crippen molar-refractivity contribution in [2.75, 3.05) is 6.61 Å². The van der Waals surface area contributed by atoms with Gasteiger partial charge in [0.05, 0.1) is 12.7 Å². The van der Waals surface area contributed by atoms with Gasteiger partial charge in [0.2, 0.25) is 0 Å². The Balaban J connectivity index is 2.45. The van der Waals surface area contributed by atoms with Crippen molar-refractivity contribution in [2.24, 2.45) is 0 Å². The molecular weight excluding hydrogens is 188 g/mol.